The lowest BCUT2D eigenvalue weighted by molar-refractivity contribution is -0.131. The summed E-state index contributed by atoms with van der Waals surface area (Å²) in [5, 5.41) is 3.46. The van der Waals surface area contributed by atoms with Gasteiger partial charge in [0.2, 0.25) is 5.91 Å². The fourth-order valence-corrected chi connectivity index (χ4v) is 4.96. The van der Waals surface area contributed by atoms with E-state index in [1.807, 2.05) is 0 Å². The Kier molecular flexibility index (Phi) is 7.40. The molecule has 3 heterocycles. The molecule has 3 atom stereocenters. The summed E-state index contributed by atoms with van der Waals surface area (Å²) in [5.41, 5.74) is 6.92. The van der Waals surface area contributed by atoms with E-state index in [-0.39, 0.29) is 35.4 Å². The van der Waals surface area contributed by atoms with E-state index in [2.05, 4.69) is 40.1 Å². The van der Waals surface area contributed by atoms with E-state index < -0.39 is 5.82 Å². The van der Waals surface area contributed by atoms with Crippen LogP contribution in [0.25, 0.3) is 0 Å². The minimum absolute atomic E-state index is 0.00773. The highest BCUT2D eigenvalue weighted by Gasteiger charge is 2.40. The number of fused-ring (bicyclic) bond motifs is 1. The lowest BCUT2D eigenvalue weighted by atomic mass is 9.82. The van der Waals surface area contributed by atoms with E-state index in [1.54, 1.807) is 17.0 Å². The molecule has 0 aromatic heterocycles. The van der Waals surface area contributed by atoms with Crippen LogP contribution in [0.5, 0.6) is 0 Å². The molecule has 176 valence electrons. The molecular weight excluding hydrogens is 411 g/mol. The van der Waals surface area contributed by atoms with E-state index in [1.165, 1.54) is 6.07 Å². The zero-order chi connectivity index (χ0) is 22.7. The predicted octanol–water partition coefficient (Wildman–Crippen LogP) is 0.0588. The van der Waals surface area contributed by atoms with Crippen LogP contribution in [0.4, 0.5) is 4.39 Å². The Morgan fingerprint density at radius 3 is 2.75 bits per heavy atom. The van der Waals surface area contributed by atoms with Gasteiger partial charge in [-0.3, -0.25) is 19.9 Å². The highest BCUT2D eigenvalue weighted by molar-refractivity contribution is 5.94. The lowest BCUT2D eigenvalue weighted by Gasteiger charge is -2.41. The molecule has 9 heteroatoms. The number of halogens is 1. The zero-order valence-electron chi connectivity index (χ0n) is 19.1. The van der Waals surface area contributed by atoms with Crippen molar-refractivity contribution in [3.63, 3.8) is 0 Å². The second-order valence-corrected chi connectivity index (χ2v) is 9.42. The van der Waals surface area contributed by atoms with Crippen molar-refractivity contribution in [2.75, 3.05) is 59.9 Å². The van der Waals surface area contributed by atoms with E-state index in [4.69, 9.17) is 0 Å². The first kappa shape index (κ1) is 23.1. The first-order valence-electron chi connectivity index (χ1n) is 11.7. The maximum atomic E-state index is 14.6. The van der Waals surface area contributed by atoms with Gasteiger partial charge < -0.3 is 15.1 Å². The van der Waals surface area contributed by atoms with Gasteiger partial charge in [0.15, 0.2) is 0 Å². The van der Waals surface area contributed by atoms with Gasteiger partial charge >= 0.3 is 0 Å². The number of amides is 2. The average molecular weight is 447 g/mol. The molecule has 8 nitrogen and oxygen atoms in total. The SMILES string of the molecule is CN(C)CCN1CCN(C(=O)c2cc(CC3NNC(=O)C4CCCNC34)ccc2F)CC1. The number of hydrazine groups is 1. The summed E-state index contributed by atoms with van der Waals surface area (Å²) < 4.78 is 14.6. The van der Waals surface area contributed by atoms with Gasteiger partial charge in [0.05, 0.1) is 11.5 Å². The van der Waals surface area contributed by atoms with Gasteiger partial charge in [-0.25, -0.2) is 9.82 Å². The molecule has 0 radical (unpaired) electrons. The molecule has 0 aliphatic carbocycles. The Morgan fingerprint density at radius 2 is 2.00 bits per heavy atom. The predicted molar refractivity (Wildman–Crippen MR) is 121 cm³/mol. The first-order chi connectivity index (χ1) is 15.4. The number of hydrogen-bond donors (Lipinski definition) is 3. The molecule has 3 unspecified atom stereocenters. The fourth-order valence-electron chi connectivity index (χ4n) is 4.96. The number of carbonyl (C=O) groups excluding carboxylic acids is 2. The van der Waals surface area contributed by atoms with Crippen LogP contribution in [0, 0.1) is 11.7 Å². The summed E-state index contributed by atoms with van der Waals surface area (Å²) in [4.78, 5) is 31.5. The van der Waals surface area contributed by atoms with Crippen molar-refractivity contribution >= 4 is 11.8 Å². The Labute approximate surface area is 189 Å². The van der Waals surface area contributed by atoms with Crippen molar-refractivity contribution in [3.05, 3.63) is 35.1 Å². The van der Waals surface area contributed by atoms with E-state index in [9.17, 15) is 14.0 Å². The molecule has 3 aliphatic rings. The molecule has 4 rings (SSSR count). The molecule has 0 saturated carbocycles. The normalized spacial score (nSPS) is 26.7. The number of piperazine rings is 1. The summed E-state index contributed by atoms with van der Waals surface area (Å²) in [7, 11) is 4.10. The summed E-state index contributed by atoms with van der Waals surface area (Å²) in [5.74, 6) is -0.749. The van der Waals surface area contributed by atoms with E-state index in [0.29, 0.717) is 19.5 Å². The molecule has 3 saturated heterocycles. The van der Waals surface area contributed by atoms with Crippen molar-refractivity contribution in [2.45, 2.75) is 31.3 Å². The topological polar surface area (TPSA) is 80.0 Å². The van der Waals surface area contributed by atoms with Crippen LogP contribution >= 0.6 is 0 Å². The number of rotatable bonds is 6. The lowest BCUT2D eigenvalue weighted by Crippen LogP contribution is -2.67. The summed E-state index contributed by atoms with van der Waals surface area (Å²) in [6.07, 6.45) is 2.46. The third-order valence-electron chi connectivity index (χ3n) is 6.90. The van der Waals surface area contributed by atoms with Gasteiger partial charge in [0, 0.05) is 51.4 Å². The van der Waals surface area contributed by atoms with Crippen LogP contribution in [0.2, 0.25) is 0 Å². The number of piperidine rings is 1. The van der Waals surface area contributed by atoms with Crippen molar-refractivity contribution < 1.29 is 14.0 Å². The molecule has 3 aliphatic heterocycles. The van der Waals surface area contributed by atoms with E-state index in [0.717, 1.165) is 51.1 Å². The van der Waals surface area contributed by atoms with Crippen molar-refractivity contribution in [3.8, 4) is 0 Å². The zero-order valence-corrected chi connectivity index (χ0v) is 19.1. The largest absolute Gasteiger partial charge is 0.336 e. The number of likely N-dealkylation sites (N-methyl/N-ethyl adjacent to an activating group) is 1. The van der Waals surface area contributed by atoms with Gasteiger partial charge in [-0.05, 0) is 57.6 Å². The third kappa shape index (κ3) is 5.28. The Bertz CT molecular complexity index is 827. The van der Waals surface area contributed by atoms with Gasteiger partial charge in [0.25, 0.3) is 5.91 Å². The monoisotopic (exact) mass is 446 g/mol. The van der Waals surface area contributed by atoms with Crippen molar-refractivity contribution in [1.29, 1.82) is 0 Å². The summed E-state index contributed by atoms with van der Waals surface area (Å²) in [6.45, 7) is 5.68. The van der Waals surface area contributed by atoms with Crippen LogP contribution in [-0.4, -0.2) is 98.5 Å². The van der Waals surface area contributed by atoms with Gasteiger partial charge in [-0.1, -0.05) is 6.07 Å². The molecule has 32 heavy (non-hydrogen) atoms. The van der Waals surface area contributed by atoms with Crippen LogP contribution in [0.3, 0.4) is 0 Å². The molecule has 3 N–H and O–H groups in total. The third-order valence-corrected chi connectivity index (χ3v) is 6.90. The van der Waals surface area contributed by atoms with Crippen molar-refractivity contribution in [1.82, 2.24) is 30.9 Å². The first-order valence-corrected chi connectivity index (χ1v) is 11.7. The van der Waals surface area contributed by atoms with Crippen LogP contribution in [-0.2, 0) is 11.2 Å². The van der Waals surface area contributed by atoms with Crippen LogP contribution in [0.15, 0.2) is 18.2 Å². The number of carbonyl (C=O) groups is 2. The van der Waals surface area contributed by atoms with Crippen LogP contribution < -0.4 is 16.2 Å². The summed E-state index contributed by atoms with van der Waals surface area (Å²) >= 11 is 0. The molecule has 1 aromatic carbocycles. The van der Waals surface area contributed by atoms with E-state index >= 15 is 0 Å². The minimum atomic E-state index is -0.479. The fraction of sp³-hybridized carbons (Fsp3) is 0.652. The summed E-state index contributed by atoms with van der Waals surface area (Å²) in [6, 6.07) is 4.85. The quantitative estimate of drug-likeness (QED) is 0.574. The highest BCUT2D eigenvalue weighted by Crippen LogP contribution is 2.24. The number of hydrogen-bond acceptors (Lipinski definition) is 6. The Balaban J connectivity index is 1.39. The molecular formula is C23H35FN6O2. The molecule has 3 fully saturated rings. The maximum Gasteiger partial charge on any atom is 0.256 e. The molecule has 0 bridgehead atoms. The smallest absolute Gasteiger partial charge is 0.256 e. The Morgan fingerprint density at radius 1 is 1.22 bits per heavy atom. The Hall–Kier alpha value is -2.07. The second-order valence-electron chi connectivity index (χ2n) is 9.42. The van der Waals surface area contributed by atoms with Crippen molar-refractivity contribution in [2.24, 2.45) is 5.92 Å². The average Bonchev–Trinajstić information content (AvgIpc) is 2.81. The standard InChI is InChI=1S/C23H35FN6O2/c1-28(2)8-9-29-10-12-30(13-11-29)23(32)18-14-16(5-6-19(18)24)15-20-21-17(4-3-7-25-21)22(31)27-26-20/h5-6,14,17,20-21,25-26H,3-4,7-13,15H2,1-2H3,(H,27,31). The molecule has 2 amide bonds. The van der Waals surface area contributed by atoms with Gasteiger partial charge in [0.1, 0.15) is 5.82 Å². The number of nitrogens with one attached hydrogen (secondary N) is 3. The number of benzene rings is 1. The number of nitrogens with zero attached hydrogens (tertiary/aromatic N) is 3. The molecule has 1 aromatic rings. The molecule has 0 spiro atoms. The maximum absolute atomic E-state index is 14.6. The van der Waals surface area contributed by atoms with Gasteiger partial charge in [-0.2, -0.15) is 0 Å². The van der Waals surface area contributed by atoms with Crippen LogP contribution in [0.1, 0.15) is 28.8 Å². The second kappa shape index (κ2) is 10.2. The minimum Gasteiger partial charge on any atom is -0.336 e. The highest BCUT2D eigenvalue weighted by atomic mass is 19.1. The van der Waals surface area contributed by atoms with Gasteiger partial charge in [-0.15, -0.1) is 0 Å².